The fourth-order valence-corrected chi connectivity index (χ4v) is 4.48. The molecule has 6 nitrogen and oxygen atoms in total. The summed E-state index contributed by atoms with van der Waals surface area (Å²) < 4.78 is 0. The summed E-state index contributed by atoms with van der Waals surface area (Å²) in [6.45, 7) is 6.27. The number of hydrogen-bond acceptors (Lipinski definition) is 4. The van der Waals surface area contributed by atoms with Crippen LogP contribution in [0.5, 0.6) is 0 Å². The van der Waals surface area contributed by atoms with Gasteiger partial charge in [-0.05, 0) is 39.3 Å². The van der Waals surface area contributed by atoms with Crippen LogP contribution >= 0.6 is 0 Å². The Morgan fingerprint density at radius 3 is 2.52 bits per heavy atom. The van der Waals surface area contributed by atoms with E-state index in [2.05, 4.69) is 22.2 Å². The normalized spacial score (nSPS) is 27.0. The Morgan fingerprint density at radius 1 is 1.08 bits per heavy atom. The maximum atomic E-state index is 12.6. The van der Waals surface area contributed by atoms with Crippen molar-refractivity contribution in [1.29, 1.82) is 0 Å². The van der Waals surface area contributed by atoms with Gasteiger partial charge in [-0.2, -0.15) is 0 Å². The summed E-state index contributed by atoms with van der Waals surface area (Å²) in [7, 11) is 2.17. The van der Waals surface area contributed by atoms with Crippen molar-refractivity contribution in [2.24, 2.45) is 0 Å². The summed E-state index contributed by atoms with van der Waals surface area (Å²) in [5.41, 5.74) is 0. The Balaban J connectivity index is 1.40. The van der Waals surface area contributed by atoms with E-state index in [1.54, 1.807) is 0 Å². The SMILES string of the molecule is CN1CCN(CCCNC(=O)C2CCC(=O)N2C2CCCCC2)CC1. The Bertz CT molecular complexity index is 456. The van der Waals surface area contributed by atoms with Gasteiger partial charge in [0.2, 0.25) is 11.8 Å². The maximum absolute atomic E-state index is 12.6. The van der Waals surface area contributed by atoms with Crippen molar-refractivity contribution in [1.82, 2.24) is 20.0 Å². The largest absolute Gasteiger partial charge is 0.354 e. The van der Waals surface area contributed by atoms with E-state index in [4.69, 9.17) is 0 Å². The Morgan fingerprint density at radius 2 is 1.80 bits per heavy atom. The number of amides is 2. The van der Waals surface area contributed by atoms with Crippen molar-refractivity contribution in [2.75, 3.05) is 46.3 Å². The lowest BCUT2D eigenvalue weighted by Gasteiger charge is -2.35. The minimum absolute atomic E-state index is 0.0646. The summed E-state index contributed by atoms with van der Waals surface area (Å²) >= 11 is 0. The zero-order chi connectivity index (χ0) is 17.6. The van der Waals surface area contributed by atoms with Gasteiger partial charge in [0.05, 0.1) is 0 Å². The van der Waals surface area contributed by atoms with E-state index in [-0.39, 0.29) is 17.9 Å². The fourth-order valence-electron chi connectivity index (χ4n) is 4.48. The molecule has 0 aromatic rings. The van der Waals surface area contributed by atoms with E-state index >= 15 is 0 Å². The molecule has 0 aromatic heterocycles. The molecule has 1 atom stereocenters. The van der Waals surface area contributed by atoms with Gasteiger partial charge < -0.3 is 20.0 Å². The topological polar surface area (TPSA) is 55.9 Å². The number of rotatable bonds is 6. The predicted octanol–water partition coefficient (Wildman–Crippen LogP) is 1.06. The Hall–Kier alpha value is -1.14. The highest BCUT2D eigenvalue weighted by Gasteiger charge is 2.40. The minimum atomic E-state index is -0.223. The van der Waals surface area contributed by atoms with Gasteiger partial charge in [0.25, 0.3) is 0 Å². The number of nitrogens with one attached hydrogen (secondary N) is 1. The van der Waals surface area contributed by atoms with Gasteiger partial charge in [-0.1, -0.05) is 19.3 Å². The third-order valence-electron chi connectivity index (χ3n) is 6.07. The molecule has 2 heterocycles. The van der Waals surface area contributed by atoms with Crippen molar-refractivity contribution in [3.05, 3.63) is 0 Å². The lowest BCUT2D eigenvalue weighted by Crippen LogP contribution is -2.50. The first-order valence-electron chi connectivity index (χ1n) is 10.1. The molecule has 0 bridgehead atoms. The molecule has 3 fully saturated rings. The van der Waals surface area contributed by atoms with Crippen LogP contribution in [0.4, 0.5) is 0 Å². The van der Waals surface area contributed by atoms with Gasteiger partial charge >= 0.3 is 0 Å². The van der Waals surface area contributed by atoms with E-state index in [1.165, 1.54) is 19.3 Å². The first-order valence-corrected chi connectivity index (χ1v) is 10.1. The van der Waals surface area contributed by atoms with Crippen molar-refractivity contribution < 1.29 is 9.59 Å². The van der Waals surface area contributed by atoms with Gasteiger partial charge in [-0.15, -0.1) is 0 Å². The molecule has 3 rings (SSSR count). The minimum Gasteiger partial charge on any atom is -0.354 e. The quantitative estimate of drug-likeness (QED) is 0.728. The summed E-state index contributed by atoms with van der Waals surface area (Å²) in [5.74, 6) is 0.249. The van der Waals surface area contributed by atoms with Crippen LogP contribution in [0, 0.1) is 0 Å². The zero-order valence-electron chi connectivity index (χ0n) is 15.7. The first-order chi connectivity index (χ1) is 12.1. The Labute approximate surface area is 151 Å². The van der Waals surface area contributed by atoms with Crippen LogP contribution < -0.4 is 5.32 Å². The summed E-state index contributed by atoms with van der Waals surface area (Å²) in [6.07, 6.45) is 8.00. The molecule has 0 spiro atoms. The van der Waals surface area contributed by atoms with Crippen LogP contribution in [0.15, 0.2) is 0 Å². The summed E-state index contributed by atoms with van der Waals surface area (Å²) in [5, 5.41) is 3.09. The molecule has 1 N–H and O–H groups in total. The van der Waals surface area contributed by atoms with E-state index in [0.717, 1.165) is 52.0 Å². The molecule has 142 valence electrons. The van der Waals surface area contributed by atoms with Crippen LogP contribution in [-0.2, 0) is 9.59 Å². The molecule has 1 aliphatic carbocycles. The lowest BCUT2D eigenvalue weighted by atomic mass is 9.93. The van der Waals surface area contributed by atoms with Crippen LogP contribution in [0.25, 0.3) is 0 Å². The second kappa shape index (κ2) is 8.99. The molecule has 2 amide bonds. The van der Waals surface area contributed by atoms with Crippen molar-refractivity contribution in [3.63, 3.8) is 0 Å². The lowest BCUT2D eigenvalue weighted by molar-refractivity contribution is -0.138. The van der Waals surface area contributed by atoms with E-state index in [0.29, 0.717) is 25.4 Å². The molecule has 25 heavy (non-hydrogen) atoms. The molecule has 1 unspecified atom stereocenters. The second-order valence-electron chi connectivity index (χ2n) is 7.94. The second-order valence-corrected chi connectivity index (χ2v) is 7.94. The third kappa shape index (κ3) is 4.94. The molecular formula is C19H34N4O2. The molecule has 2 saturated heterocycles. The molecular weight excluding hydrogens is 316 g/mol. The predicted molar refractivity (Wildman–Crippen MR) is 98.3 cm³/mol. The number of piperazine rings is 1. The third-order valence-corrected chi connectivity index (χ3v) is 6.07. The first kappa shape index (κ1) is 18.6. The number of hydrogen-bond donors (Lipinski definition) is 1. The van der Waals surface area contributed by atoms with Crippen LogP contribution in [0.1, 0.15) is 51.4 Å². The number of carbonyl (C=O) groups excluding carboxylic acids is 2. The van der Waals surface area contributed by atoms with E-state index in [9.17, 15) is 9.59 Å². The van der Waals surface area contributed by atoms with Gasteiger partial charge in [0.1, 0.15) is 6.04 Å². The van der Waals surface area contributed by atoms with Crippen molar-refractivity contribution in [2.45, 2.75) is 63.5 Å². The Kier molecular flexibility index (Phi) is 6.70. The van der Waals surface area contributed by atoms with Crippen LogP contribution in [0.3, 0.4) is 0 Å². The highest BCUT2D eigenvalue weighted by molar-refractivity contribution is 5.91. The zero-order valence-corrected chi connectivity index (χ0v) is 15.7. The molecule has 1 saturated carbocycles. The molecule has 6 heteroatoms. The average Bonchev–Trinajstić information content (AvgIpc) is 3.02. The van der Waals surface area contributed by atoms with Crippen molar-refractivity contribution >= 4 is 11.8 Å². The van der Waals surface area contributed by atoms with Crippen LogP contribution in [0.2, 0.25) is 0 Å². The van der Waals surface area contributed by atoms with Gasteiger partial charge in [-0.3, -0.25) is 9.59 Å². The highest BCUT2D eigenvalue weighted by Crippen LogP contribution is 2.30. The summed E-state index contributed by atoms with van der Waals surface area (Å²) in [4.78, 5) is 31.7. The van der Waals surface area contributed by atoms with Gasteiger partial charge in [-0.25, -0.2) is 0 Å². The molecule has 3 aliphatic rings. The smallest absolute Gasteiger partial charge is 0.242 e. The monoisotopic (exact) mass is 350 g/mol. The van der Waals surface area contributed by atoms with E-state index in [1.807, 2.05) is 4.90 Å². The highest BCUT2D eigenvalue weighted by atomic mass is 16.2. The molecule has 2 aliphatic heterocycles. The van der Waals surface area contributed by atoms with Crippen LogP contribution in [-0.4, -0.2) is 84.9 Å². The summed E-state index contributed by atoms with van der Waals surface area (Å²) in [6, 6.07) is 0.0732. The number of nitrogens with zero attached hydrogens (tertiary/aromatic N) is 3. The number of likely N-dealkylation sites (tertiary alicyclic amines) is 1. The number of carbonyl (C=O) groups is 2. The fraction of sp³-hybridized carbons (Fsp3) is 0.895. The standard InChI is InChI=1S/C19H34N4O2/c1-21-12-14-22(15-13-21)11-5-10-20-19(25)17-8-9-18(24)23(17)16-6-3-2-4-7-16/h16-17H,2-15H2,1H3,(H,20,25). The average molecular weight is 351 g/mol. The van der Waals surface area contributed by atoms with Crippen molar-refractivity contribution in [3.8, 4) is 0 Å². The van der Waals surface area contributed by atoms with Gasteiger partial charge in [0.15, 0.2) is 0 Å². The maximum Gasteiger partial charge on any atom is 0.242 e. The molecule has 0 radical (unpaired) electrons. The number of likely N-dealkylation sites (N-methyl/N-ethyl adjacent to an activating group) is 1. The molecule has 0 aromatic carbocycles. The van der Waals surface area contributed by atoms with E-state index < -0.39 is 0 Å². The van der Waals surface area contributed by atoms with Gasteiger partial charge in [0, 0.05) is 45.2 Å².